The number of hydrogen-bond donors (Lipinski definition) is 0. The van der Waals surface area contributed by atoms with Crippen molar-refractivity contribution in [3.63, 3.8) is 0 Å². The number of anilines is 1. The lowest BCUT2D eigenvalue weighted by molar-refractivity contribution is -0.385. The van der Waals surface area contributed by atoms with E-state index in [1.54, 1.807) is 24.1 Å². The Balaban J connectivity index is 1.79. The van der Waals surface area contributed by atoms with Crippen LogP contribution in [0.5, 0.6) is 0 Å². The first-order chi connectivity index (χ1) is 11.6. The highest BCUT2D eigenvalue weighted by Crippen LogP contribution is 2.26. The maximum Gasteiger partial charge on any atom is 0.272 e. The molecule has 0 fully saturated rings. The standard InChI is InChI=1S/C16H15N5O3/c1-12-9-13(7-8-15(12)21(23)24)10-19-16(11-22)20(18-17-19)14-5-3-2-4-6-14/h2-9,11,16H,10H2,1H3. The molecule has 0 N–H and O–H groups in total. The monoisotopic (exact) mass is 325 g/mol. The Hall–Kier alpha value is -3.29. The first-order valence-electron chi connectivity index (χ1n) is 7.32. The fourth-order valence-electron chi connectivity index (χ4n) is 2.57. The van der Waals surface area contributed by atoms with Crippen LogP contribution in [0, 0.1) is 17.0 Å². The molecule has 0 spiro atoms. The molecule has 0 aromatic heterocycles. The van der Waals surface area contributed by atoms with E-state index in [0.29, 0.717) is 12.1 Å². The molecule has 0 bridgehead atoms. The van der Waals surface area contributed by atoms with Crippen LogP contribution in [0.3, 0.4) is 0 Å². The zero-order chi connectivity index (χ0) is 17.1. The third-order valence-corrected chi connectivity index (χ3v) is 3.75. The maximum absolute atomic E-state index is 11.5. The Labute approximate surface area is 138 Å². The van der Waals surface area contributed by atoms with E-state index in [9.17, 15) is 14.9 Å². The first-order valence-corrected chi connectivity index (χ1v) is 7.32. The van der Waals surface area contributed by atoms with E-state index in [4.69, 9.17) is 0 Å². The molecule has 0 amide bonds. The summed E-state index contributed by atoms with van der Waals surface area (Å²) < 4.78 is 0. The molecule has 2 aromatic rings. The Morgan fingerprint density at radius 3 is 2.58 bits per heavy atom. The number of nitro benzene ring substituents is 1. The summed E-state index contributed by atoms with van der Waals surface area (Å²) in [6, 6.07) is 14.1. The van der Waals surface area contributed by atoms with Gasteiger partial charge in [-0.3, -0.25) is 14.9 Å². The lowest BCUT2D eigenvalue weighted by atomic mass is 10.1. The van der Waals surface area contributed by atoms with Gasteiger partial charge in [0.2, 0.25) is 0 Å². The van der Waals surface area contributed by atoms with E-state index in [1.165, 1.54) is 11.1 Å². The SMILES string of the molecule is Cc1cc(CN2N=NN(c3ccccc3)C2C=O)ccc1[N+](=O)[O-]. The van der Waals surface area contributed by atoms with E-state index >= 15 is 0 Å². The van der Waals surface area contributed by atoms with Gasteiger partial charge < -0.3 is 0 Å². The number of carbonyl (C=O) groups is 1. The number of hydrogen-bond acceptors (Lipinski definition) is 7. The van der Waals surface area contributed by atoms with E-state index in [0.717, 1.165) is 17.5 Å². The van der Waals surface area contributed by atoms with Gasteiger partial charge in [0, 0.05) is 11.6 Å². The van der Waals surface area contributed by atoms with E-state index in [-0.39, 0.29) is 5.69 Å². The lowest BCUT2D eigenvalue weighted by Crippen LogP contribution is -2.39. The number of nitrogens with zero attached hydrogens (tertiary/aromatic N) is 5. The van der Waals surface area contributed by atoms with Gasteiger partial charge in [-0.1, -0.05) is 29.5 Å². The number of aldehydes is 1. The Kier molecular flexibility index (Phi) is 4.19. The molecule has 2 aromatic carbocycles. The summed E-state index contributed by atoms with van der Waals surface area (Å²) in [4.78, 5) is 22.0. The molecule has 8 nitrogen and oxygen atoms in total. The van der Waals surface area contributed by atoms with Crippen LogP contribution in [-0.2, 0) is 11.3 Å². The second kappa shape index (κ2) is 6.45. The fraction of sp³-hybridized carbons (Fsp3) is 0.188. The van der Waals surface area contributed by atoms with Gasteiger partial charge in [0.1, 0.15) is 0 Å². The number of nitro groups is 1. The van der Waals surface area contributed by atoms with Gasteiger partial charge in [-0.2, -0.15) is 0 Å². The number of rotatable bonds is 5. The maximum atomic E-state index is 11.5. The highest BCUT2D eigenvalue weighted by molar-refractivity contribution is 5.65. The number of para-hydroxylation sites is 1. The van der Waals surface area contributed by atoms with Gasteiger partial charge in [-0.05, 0) is 35.9 Å². The van der Waals surface area contributed by atoms with Crippen molar-refractivity contribution in [1.29, 1.82) is 0 Å². The van der Waals surface area contributed by atoms with Crippen molar-refractivity contribution in [2.24, 2.45) is 10.4 Å². The molecule has 1 unspecified atom stereocenters. The van der Waals surface area contributed by atoms with Crippen molar-refractivity contribution in [2.75, 3.05) is 5.01 Å². The zero-order valence-corrected chi connectivity index (χ0v) is 12.9. The van der Waals surface area contributed by atoms with Crippen molar-refractivity contribution in [3.05, 3.63) is 69.8 Å². The van der Waals surface area contributed by atoms with Crippen LogP contribution in [0.4, 0.5) is 11.4 Å². The summed E-state index contributed by atoms with van der Waals surface area (Å²) in [5.74, 6) is 0. The van der Waals surface area contributed by atoms with Crippen LogP contribution in [0.15, 0.2) is 59.0 Å². The van der Waals surface area contributed by atoms with Gasteiger partial charge in [-0.15, -0.1) is 0 Å². The number of carbonyl (C=O) groups excluding carboxylic acids is 1. The van der Waals surface area contributed by atoms with Crippen LogP contribution >= 0.6 is 0 Å². The molecule has 1 aliphatic heterocycles. The van der Waals surface area contributed by atoms with Gasteiger partial charge >= 0.3 is 0 Å². The summed E-state index contributed by atoms with van der Waals surface area (Å²) in [5, 5.41) is 22.1. The second-order valence-corrected chi connectivity index (χ2v) is 5.38. The minimum atomic E-state index is -0.650. The summed E-state index contributed by atoms with van der Waals surface area (Å²) >= 11 is 0. The molecular weight excluding hydrogens is 310 g/mol. The predicted octanol–water partition coefficient (Wildman–Crippen LogP) is 3.03. The quantitative estimate of drug-likeness (QED) is 0.478. The Bertz CT molecular complexity index is 794. The third kappa shape index (κ3) is 2.94. The third-order valence-electron chi connectivity index (χ3n) is 3.75. The molecule has 1 heterocycles. The first kappa shape index (κ1) is 15.6. The normalized spacial score (nSPS) is 16.5. The van der Waals surface area contributed by atoms with Crippen molar-refractivity contribution < 1.29 is 9.72 Å². The second-order valence-electron chi connectivity index (χ2n) is 5.38. The molecule has 0 aliphatic carbocycles. The fourth-order valence-corrected chi connectivity index (χ4v) is 2.57. The molecule has 1 atom stereocenters. The molecule has 0 saturated carbocycles. The van der Waals surface area contributed by atoms with Crippen molar-refractivity contribution >= 4 is 17.7 Å². The number of aryl methyl sites for hydroxylation is 1. The van der Waals surface area contributed by atoms with Crippen LogP contribution in [-0.4, -0.2) is 22.4 Å². The molecule has 0 radical (unpaired) electrons. The zero-order valence-electron chi connectivity index (χ0n) is 12.9. The lowest BCUT2D eigenvalue weighted by Gasteiger charge is -2.23. The average Bonchev–Trinajstić information content (AvgIpc) is 2.98. The summed E-state index contributed by atoms with van der Waals surface area (Å²) in [6.07, 6.45) is 0.119. The van der Waals surface area contributed by atoms with Crippen molar-refractivity contribution in [1.82, 2.24) is 5.01 Å². The van der Waals surface area contributed by atoms with Crippen LogP contribution in [0.1, 0.15) is 11.1 Å². The molecule has 24 heavy (non-hydrogen) atoms. The predicted molar refractivity (Wildman–Crippen MR) is 87.0 cm³/mol. The Morgan fingerprint density at radius 1 is 1.21 bits per heavy atom. The van der Waals surface area contributed by atoms with Crippen LogP contribution < -0.4 is 5.01 Å². The van der Waals surface area contributed by atoms with Crippen molar-refractivity contribution in [2.45, 2.75) is 19.6 Å². The largest absolute Gasteiger partial charge is 0.299 e. The highest BCUT2D eigenvalue weighted by atomic mass is 16.6. The smallest absolute Gasteiger partial charge is 0.272 e. The molecule has 8 heteroatoms. The molecule has 1 aliphatic rings. The van der Waals surface area contributed by atoms with Gasteiger partial charge in [0.15, 0.2) is 12.5 Å². The molecule has 0 saturated heterocycles. The minimum Gasteiger partial charge on any atom is -0.299 e. The summed E-state index contributed by atoms with van der Waals surface area (Å²) in [5.41, 5.74) is 2.22. The van der Waals surface area contributed by atoms with E-state index < -0.39 is 11.1 Å². The molecule has 3 rings (SSSR count). The molecular formula is C16H15N5O3. The topological polar surface area (TPSA) is 91.4 Å². The Morgan fingerprint density at radius 2 is 1.96 bits per heavy atom. The van der Waals surface area contributed by atoms with Crippen LogP contribution in [0.25, 0.3) is 0 Å². The van der Waals surface area contributed by atoms with Crippen LogP contribution in [0.2, 0.25) is 0 Å². The number of benzene rings is 2. The van der Waals surface area contributed by atoms with Gasteiger partial charge in [0.25, 0.3) is 5.69 Å². The van der Waals surface area contributed by atoms with E-state index in [1.807, 2.05) is 30.3 Å². The summed E-state index contributed by atoms with van der Waals surface area (Å²) in [7, 11) is 0. The van der Waals surface area contributed by atoms with Gasteiger partial charge in [0.05, 0.1) is 17.2 Å². The van der Waals surface area contributed by atoms with E-state index in [2.05, 4.69) is 10.4 Å². The highest BCUT2D eigenvalue weighted by Gasteiger charge is 2.30. The average molecular weight is 325 g/mol. The van der Waals surface area contributed by atoms with Crippen molar-refractivity contribution in [3.8, 4) is 0 Å². The summed E-state index contributed by atoms with van der Waals surface area (Å²) in [6.45, 7) is 2.01. The minimum absolute atomic E-state index is 0.0691. The molecule has 122 valence electrons. The van der Waals surface area contributed by atoms with Gasteiger partial charge in [-0.25, -0.2) is 10.0 Å².